The largest absolute Gasteiger partial charge is 0.574 e. The average Bonchev–Trinajstić information content (AvgIpc) is 2.28. The second-order valence-corrected chi connectivity index (χ2v) is 3.18. The zero-order valence-corrected chi connectivity index (χ0v) is 9.41. The Morgan fingerprint density at radius 1 is 1.44 bits per heavy atom. The molecule has 5 nitrogen and oxygen atoms in total. The third kappa shape index (κ3) is 3.24. The van der Waals surface area contributed by atoms with Crippen LogP contribution >= 0.6 is 0 Å². The van der Waals surface area contributed by atoms with Crippen molar-refractivity contribution >= 4 is 0 Å². The second kappa shape index (κ2) is 5.55. The van der Waals surface area contributed by atoms with Crippen molar-refractivity contribution in [2.45, 2.75) is 19.3 Å². The predicted octanol–water partition coefficient (Wildman–Crippen LogP) is 1.51. The SMILES string of the molecule is COc1cnc(OC(F)(F)F)c(CN)c1CC#N. The van der Waals surface area contributed by atoms with Crippen LogP contribution in [-0.4, -0.2) is 18.5 Å². The summed E-state index contributed by atoms with van der Waals surface area (Å²) >= 11 is 0. The van der Waals surface area contributed by atoms with Crippen LogP contribution in [0.4, 0.5) is 13.2 Å². The molecular formula is C10H10F3N3O2. The molecule has 0 amide bonds. The van der Waals surface area contributed by atoms with Gasteiger partial charge in [0.05, 0.1) is 25.8 Å². The van der Waals surface area contributed by atoms with Gasteiger partial charge in [0, 0.05) is 17.7 Å². The molecule has 0 aromatic carbocycles. The first-order valence-electron chi connectivity index (χ1n) is 4.80. The molecule has 0 bridgehead atoms. The quantitative estimate of drug-likeness (QED) is 0.888. The first kappa shape index (κ1) is 14.1. The highest BCUT2D eigenvalue weighted by Crippen LogP contribution is 2.31. The van der Waals surface area contributed by atoms with Gasteiger partial charge < -0.3 is 15.2 Å². The first-order chi connectivity index (χ1) is 8.42. The normalized spacial score (nSPS) is 10.9. The van der Waals surface area contributed by atoms with Crippen molar-refractivity contribution in [1.29, 1.82) is 5.26 Å². The summed E-state index contributed by atoms with van der Waals surface area (Å²) in [4.78, 5) is 3.49. The third-order valence-electron chi connectivity index (χ3n) is 2.11. The summed E-state index contributed by atoms with van der Waals surface area (Å²) in [6.07, 6.45) is -3.95. The molecule has 0 aliphatic heterocycles. The van der Waals surface area contributed by atoms with Crippen molar-refractivity contribution in [2.75, 3.05) is 7.11 Å². The van der Waals surface area contributed by atoms with Crippen molar-refractivity contribution in [3.8, 4) is 17.7 Å². The minimum Gasteiger partial charge on any atom is -0.495 e. The summed E-state index contributed by atoms with van der Waals surface area (Å²) < 4.78 is 45.1. The van der Waals surface area contributed by atoms with Crippen molar-refractivity contribution in [1.82, 2.24) is 4.98 Å². The number of hydrogen-bond donors (Lipinski definition) is 1. The smallest absolute Gasteiger partial charge is 0.495 e. The van der Waals surface area contributed by atoms with Gasteiger partial charge in [0.15, 0.2) is 0 Å². The van der Waals surface area contributed by atoms with Gasteiger partial charge in [0.25, 0.3) is 0 Å². The van der Waals surface area contributed by atoms with Gasteiger partial charge >= 0.3 is 6.36 Å². The first-order valence-corrected chi connectivity index (χ1v) is 4.80. The van der Waals surface area contributed by atoms with E-state index in [2.05, 4.69) is 9.72 Å². The lowest BCUT2D eigenvalue weighted by Crippen LogP contribution is -2.20. The molecule has 0 fully saturated rings. The molecule has 0 aliphatic carbocycles. The van der Waals surface area contributed by atoms with E-state index in [4.69, 9.17) is 15.7 Å². The van der Waals surface area contributed by atoms with Crippen LogP contribution in [-0.2, 0) is 13.0 Å². The van der Waals surface area contributed by atoms with Gasteiger partial charge in [-0.25, -0.2) is 4.98 Å². The number of nitrogens with zero attached hydrogens (tertiary/aromatic N) is 2. The molecule has 1 aromatic heterocycles. The van der Waals surface area contributed by atoms with Crippen LogP contribution in [0.15, 0.2) is 6.20 Å². The van der Waals surface area contributed by atoms with E-state index in [9.17, 15) is 13.2 Å². The van der Waals surface area contributed by atoms with Crippen molar-refractivity contribution in [3.05, 3.63) is 17.3 Å². The Labute approximate surface area is 101 Å². The Kier molecular flexibility index (Phi) is 4.33. The number of alkyl halides is 3. The van der Waals surface area contributed by atoms with Crippen LogP contribution in [0.1, 0.15) is 11.1 Å². The molecule has 2 N–H and O–H groups in total. The van der Waals surface area contributed by atoms with Crippen LogP contribution < -0.4 is 15.2 Å². The lowest BCUT2D eigenvalue weighted by molar-refractivity contribution is -0.276. The summed E-state index contributed by atoms with van der Waals surface area (Å²) in [5, 5.41) is 8.65. The molecule has 1 rings (SSSR count). The minimum atomic E-state index is -4.87. The van der Waals surface area contributed by atoms with E-state index >= 15 is 0 Å². The Morgan fingerprint density at radius 2 is 2.11 bits per heavy atom. The second-order valence-electron chi connectivity index (χ2n) is 3.18. The van der Waals surface area contributed by atoms with Crippen LogP contribution in [0.5, 0.6) is 11.6 Å². The molecule has 0 saturated carbocycles. The minimum absolute atomic E-state index is 0.00762. The summed E-state index contributed by atoms with van der Waals surface area (Å²) in [5.41, 5.74) is 5.63. The van der Waals surface area contributed by atoms with Crippen molar-refractivity contribution in [3.63, 3.8) is 0 Å². The van der Waals surface area contributed by atoms with Gasteiger partial charge in [-0.15, -0.1) is 13.2 Å². The van der Waals surface area contributed by atoms with Crippen LogP contribution in [0.2, 0.25) is 0 Å². The highest BCUT2D eigenvalue weighted by Gasteiger charge is 2.33. The fourth-order valence-electron chi connectivity index (χ4n) is 1.41. The Balaban J connectivity index is 3.29. The zero-order chi connectivity index (χ0) is 13.8. The number of nitrogens with two attached hydrogens (primary N) is 1. The Morgan fingerprint density at radius 3 is 2.56 bits per heavy atom. The Hall–Kier alpha value is -2.01. The van der Waals surface area contributed by atoms with E-state index in [1.54, 1.807) is 0 Å². The fourth-order valence-corrected chi connectivity index (χ4v) is 1.41. The van der Waals surface area contributed by atoms with E-state index in [0.717, 1.165) is 6.20 Å². The van der Waals surface area contributed by atoms with E-state index in [1.807, 2.05) is 6.07 Å². The van der Waals surface area contributed by atoms with Gasteiger partial charge in [0.2, 0.25) is 5.88 Å². The van der Waals surface area contributed by atoms with E-state index in [0.29, 0.717) is 0 Å². The van der Waals surface area contributed by atoms with Gasteiger partial charge in [0.1, 0.15) is 5.75 Å². The number of pyridine rings is 1. The van der Waals surface area contributed by atoms with E-state index in [-0.39, 0.29) is 29.8 Å². The maximum atomic E-state index is 12.2. The molecule has 0 unspecified atom stereocenters. The highest BCUT2D eigenvalue weighted by atomic mass is 19.4. The third-order valence-corrected chi connectivity index (χ3v) is 2.11. The molecule has 0 saturated heterocycles. The number of nitriles is 1. The molecule has 1 heterocycles. The van der Waals surface area contributed by atoms with E-state index in [1.165, 1.54) is 7.11 Å². The van der Waals surface area contributed by atoms with Crippen LogP contribution in [0.25, 0.3) is 0 Å². The monoisotopic (exact) mass is 261 g/mol. The molecule has 0 radical (unpaired) electrons. The molecular weight excluding hydrogens is 251 g/mol. The van der Waals surface area contributed by atoms with E-state index < -0.39 is 12.2 Å². The summed E-state index contributed by atoms with van der Waals surface area (Å²) in [6, 6.07) is 1.82. The average molecular weight is 261 g/mol. The summed E-state index contributed by atoms with van der Waals surface area (Å²) in [6.45, 7) is -0.243. The number of aromatic nitrogens is 1. The van der Waals surface area contributed by atoms with Gasteiger partial charge in [-0.05, 0) is 0 Å². The number of ether oxygens (including phenoxy) is 2. The van der Waals surface area contributed by atoms with Crippen LogP contribution in [0.3, 0.4) is 0 Å². The summed E-state index contributed by atoms with van der Waals surface area (Å²) in [7, 11) is 1.32. The standard InChI is InChI=1S/C10H10F3N3O2/c1-17-8-5-16-9(18-10(11,12)13)7(4-15)6(8)2-3-14/h5H,2,4,15H2,1H3. The topological polar surface area (TPSA) is 81.2 Å². The fraction of sp³-hybridized carbons (Fsp3) is 0.400. The molecule has 1 aromatic rings. The molecule has 0 atom stereocenters. The zero-order valence-electron chi connectivity index (χ0n) is 9.41. The van der Waals surface area contributed by atoms with Gasteiger partial charge in [-0.3, -0.25) is 0 Å². The van der Waals surface area contributed by atoms with Gasteiger partial charge in [-0.2, -0.15) is 5.26 Å². The van der Waals surface area contributed by atoms with Crippen molar-refractivity contribution in [2.24, 2.45) is 5.73 Å². The summed E-state index contributed by atoms with van der Waals surface area (Å²) in [5.74, 6) is -0.456. The Bertz CT molecular complexity index is 469. The predicted molar refractivity (Wildman–Crippen MR) is 54.7 cm³/mol. The highest BCUT2D eigenvalue weighted by molar-refractivity contribution is 5.45. The van der Waals surface area contributed by atoms with Crippen LogP contribution in [0, 0.1) is 11.3 Å². The number of methoxy groups -OCH3 is 1. The maximum Gasteiger partial charge on any atom is 0.574 e. The van der Waals surface area contributed by atoms with Gasteiger partial charge in [-0.1, -0.05) is 0 Å². The molecule has 0 aliphatic rings. The lowest BCUT2D eigenvalue weighted by atomic mass is 10.1. The number of hydrogen-bond acceptors (Lipinski definition) is 5. The molecule has 8 heteroatoms. The molecule has 0 spiro atoms. The lowest BCUT2D eigenvalue weighted by Gasteiger charge is -2.15. The maximum absolute atomic E-state index is 12.2. The number of rotatable bonds is 4. The molecule has 98 valence electrons. The molecule has 18 heavy (non-hydrogen) atoms. The number of halogens is 3. The van der Waals surface area contributed by atoms with Crippen molar-refractivity contribution < 1.29 is 22.6 Å².